The van der Waals surface area contributed by atoms with E-state index in [2.05, 4.69) is 0 Å². The van der Waals surface area contributed by atoms with Gasteiger partial charge in [-0.3, -0.25) is 9.59 Å². The van der Waals surface area contributed by atoms with Crippen LogP contribution in [0.4, 0.5) is 4.39 Å². The maximum absolute atomic E-state index is 14.4. The van der Waals surface area contributed by atoms with Gasteiger partial charge >= 0.3 is 5.97 Å². The van der Waals surface area contributed by atoms with E-state index in [1.54, 1.807) is 48.2 Å². The van der Waals surface area contributed by atoms with Gasteiger partial charge in [-0.15, -0.1) is 0 Å². The molecule has 6 nitrogen and oxygen atoms in total. The highest BCUT2D eigenvalue weighted by Gasteiger charge is 2.45. The zero-order valence-corrected chi connectivity index (χ0v) is 17.6. The molecule has 1 fully saturated rings. The van der Waals surface area contributed by atoms with Crippen LogP contribution >= 0.6 is 0 Å². The molecule has 0 unspecified atom stereocenters. The Hall–Kier alpha value is -3.09. The van der Waals surface area contributed by atoms with Crippen molar-refractivity contribution in [2.24, 2.45) is 5.41 Å². The maximum atomic E-state index is 14.4. The van der Waals surface area contributed by atoms with Crippen molar-refractivity contribution in [2.45, 2.75) is 26.2 Å². The van der Waals surface area contributed by atoms with Crippen LogP contribution in [0.25, 0.3) is 0 Å². The molecule has 0 aliphatic carbocycles. The Labute approximate surface area is 180 Å². The van der Waals surface area contributed by atoms with E-state index in [0.717, 1.165) is 0 Å². The first-order chi connectivity index (χ1) is 15.0. The average molecular weight is 427 g/mol. The van der Waals surface area contributed by atoms with Gasteiger partial charge in [0.05, 0.1) is 12.0 Å². The molecule has 2 aliphatic rings. The summed E-state index contributed by atoms with van der Waals surface area (Å²) in [4.78, 5) is 27.9. The van der Waals surface area contributed by atoms with Crippen LogP contribution < -0.4 is 9.47 Å². The molecule has 0 aromatic heterocycles. The first kappa shape index (κ1) is 21.2. The van der Waals surface area contributed by atoms with E-state index < -0.39 is 11.4 Å². The van der Waals surface area contributed by atoms with Crippen molar-refractivity contribution in [3.63, 3.8) is 0 Å². The zero-order chi connectivity index (χ0) is 21.8. The third-order valence-electron chi connectivity index (χ3n) is 5.85. The first-order valence-corrected chi connectivity index (χ1v) is 10.6. The molecular weight excluding hydrogens is 401 g/mol. The lowest BCUT2D eigenvalue weighted by Gasteiger charge is -2.41. The fourth-order valence-corrected chi connectivity index (χ4v) is 4.34. The Morgan fingerprint density at radius 3 is 2.68 bits per heavy atom. The van der Waals surface area contributed by atoms with E-state index in [9.17, 15) is 14.0 Å². The van der Waals surface area contributed by atoms with Crippen molar-refractivity contribution in [3.8, 4) is 11.5 Å². The van der Waals surface area contributed by atoms with E-state index in [4.69, 9.17) is 14.2 Å². The molecule has 1 saturated heterocycles. The highest BCUT2D eigenvalue weighted by molar-refractivity contribution is 5.95. The summed E-state index contributed by atoms with van der Waals surface area (Å²) in [5.74, 6) is 0.206. The van der Waals surface area contributed by atoms with Crippen LogP contribution in [0, 0.1) is 11.2 Å². The number of nitrogens with zero attached hydrogens (tertiary/aromatic N) is 1. The Balaban J connectivity index is 1.60. The van der Waals surface area contributed by atoms with Crippen molar-refractivity contribution in [1.29, 1.82) is 0 Å². The van der Waals surface area contributed by atoms with Gasteiger partial charge in [-0.2, -0.15) is 0 Å². The number of likely N-dealkylation sites (tertiary alicyclic amines) is 1. The fraction of sp³-hybridized carbons (Fsp3) is 0.417. The van der Waals surface area contributed by atoms with Gasteiger partial charge in [0.15, 0.2) is 11.5 Å². The lowest BCUT2D eigenvalue weighted by atomic mass is 9.74. The van der Waals surface area contributed by atoms with E-state index in [-0.39, 0.29) is 31.3 Å². The molecule has 1 amide bonds. The van der Waals surface area contributed by atoms with E-state index in [1.165, 1.54) is 6.07 Å². The number of esters is 1. The lowest BCUT2D eigenvalue weighted by molar-refractivity contribution is -0.158. The molecule has 2 aromatic carbocycles. The highest BCUT2D eigenvalue weighted by Crippen LogP contribution is 2.37. The number of hydrogen-bond acceptors (Lipinski definition) is 5. The average Bonchev–Trinajstić information content (AvgIpc) is 2.80. The Bertz CT molecular complexity index is 978. The van der Waals surface area contributed by atoms with Gasteiger partial charge in [-0.25, -0.2) is 4.39 Å². The number of halogens is 1. The summed E-state index contributed by atoms with van der Waals surface area (Å²) in [6.07, 6.45) is 1.35. The molecule has 1 atom stereocenters. The number of piperidine rings is 1. The molecule has 0 radical (unpaired) electrons. The topological polar surface area (TPSA) is 65.1 Å². The minimum atomic E-state index is -0.986. The van der Waals surface area contributed by atoms with Crippen molar-refractivity contribution in [1.82, 2.24) is 4.90 Å². The monoisotopic (exact) mass is 427 g/mol. The number of benzene rings is 2. The normalized spacial score (nSPS) is 20.3. The van der Waals surface area contributed by atoms with Crippen molar-refractivity contribution in [2.75, 3.05) is 32.9 Å². The number of amides is 1. The van der Waals surface area contributed by atoms with Crippen LogP contribution in [0.2, 0.25) is 0 Å². The Kier molecular flexibility index (Phi) is 6.11. The minimum Gasteiger partial charge on any atom is -0.486 e. The molecule has 31 heavy (non-hydrogen) atoms. The largest absolute Gasteiger partial charge is 0.486 e. The molecule has 0 bridgehead atoms. The van der Waals surface area contributed by atoms with Crippen LogP contribution in [0.15, 0.2) is 42.5 Å². The summed E-state index contributed by atoms with van der Waals surface area (Å²) in [7, 11) is 0. The SMILES string of the molecule is CCOC(=O)[C@@]1(Cc2ccccc2F)CCCN(C(=O)c2ccc3c(c2)OCCO3)C1. The maximum Gasteiger partial charge on any atom is 0.314 e. The number of rotatable bonds is 5. The summed E-state index contributed by atoms with van der Waals surface area (Å²) in [6.45, 7) is 3.58. The van der Waals surface area contributed by atoms with Crippen LogP contribution in [-0.4, -0.2) is 49.7 Å². The predicted octanol–water partition coefficient (Wildman–Crippen LogP) is 3.63. The van der Waals surface area contributed by atoms with Crippen LogP contribution in [0.5, 0.6) is 11.5 Å². The predicted molar refractivity (Wildman–Crippen MR) is 112 cm³/mol. The minimum absolute atomic E-state index is 0.174. The van der Waals surface area contributed by atoms with Crippen molar-refractivity contribution < 1.29 is 28.2 Å². The number of carbonyl (C=O) groups is 2. The summed E-state index contributed by atoms with van der Waals surface area (Å²) in [6, 6.07) is 11.5. The number of fused-ring (bicyclic) bond motifs is 1. The third-order valence-corrected chi connectivity index (χ3v) is 5.85. The molecule has 7 heteroatoms. The zero-order valence-electron chi connectivity index (χ0n) is 17.6. The summed E-state index contributed by atoms with van der Waals surface area (Å²) >= 11 is 0. The molecule has 2 heterocycles. The Morgan fingerprint density at radius 2 is 1.90 bits per heavy atom. The molecule has 4 rings (SSSR count). The fourth-order valence-electron chi connectivity index (χ4n) is 4.34. The molecule has 0 N–H and O–H groups in total. The number of carbonyl (C=O) groups excluding carboxylic acids is 2. The van der Waals surface area contributed by atoms with Crippen LogP contribution in [0.3, 0.4) is 0 Å². The summed E-state index contributed by atoms with van der Waals surface area (Å²) in [5.41, 5.74) is -0.0705. The summed E-state index contributed by atoms with van der Waals surface area (Å²) in [5, 5.41) is 0. The molecule has 164 valence electrons. The van der Waals surface area contributed by atoms with E-state index in [0.29, 0.717) is 55.2 Å². The van der Waals surface area contributed by atoms with Gasteiger partial charge in [-0.05, 0) is 56.0 Å². The highest BCUT2D eigenvalue weighted by atomic mass is 19.1. The molecular formula is C24H26FNO5. The van der Waals surface area contributed by atoms with Gasteiger partial charge in [0.25, 0.3) is 5.91 Å². The Morgan fingerprint density at radius 1 is 1.13 bits per heavy atom. The van der Waals surface area contributed by atoms with E-state index >= 15 is 0 Å². The first-order valence-electron chi connectivity index (χ1n) is 10.6. The van der Waals surface area contributed by atoms with E-state index in [1.807, 2.05) is 0 Å². The van der Waals surface area contributed by atoms with Crippen LogP contribution in [-0.2, 0) is 16.0 Å². The molecule has 0 spiro atoms. The second-order valence-corrected chi connectivity index (χ2v) is 7.96. The van der Waals surface area contributed by atoms with Crippen molar-refractivity contribution >= 4 is 11.9 Å². The lowest BCUT2D eigenvalue weighted by Crippen LogP contribution is -2.51. The number of hydrogen-bond donors (Lipinski definition) is 0. The molecule has 2 aliphatic heterocycles. The standard InChI is InChI=1S/C24H26FNO5/c1-2-29-23(28)24(15-18-6-3-4-7-19(18)25)10-5-11-26(16-24)22(27)17-8-9-20-21(14-17)31-13-12-30-20/h3-4,6-9,14H,2,5,10-13,15-16H2,1H3/t24-/m1/s1. The van der Waals surface area contributed by atoms with Gasteiger partial charge < -0.3 is 19.1 Å². The smallest absolute Gasteiger partial charge is 0.314 e. The van der Waals surface area contributed by atoms with Crippen LogP contribution in [0.1, 0.15) is 35.7 Å². The second-order valence-electron chi connectivity index (χ2n) is 7.96. The van der Waals surface area contributed by atoms with Crippen molar-refractivity contribution in [3.05, 3.63) is 59.4 Å². The number of ether oxygens (including phenoxy) is 3. The molecule has 2 aromatic rings. The van der Waals surface area contributed by atoms with Gasteiger partial charge in [-0.1, -0.05) is 18.2 Å². The second kappa shape index (κ2) is 8.96. The third kappa shape index (κ3) is 4.36. The quantitative estimate of drug-likeness (QED) is 0.682. The van der Waals surface area contributed by atoms with Gasteiger partial charge in [0.1, 0.15) is 19.0 Å². The van der Waals surface area contributed by atoms with Gasteiger partial charge in [0.2, 0.25) is 0 Å². The summed E-state index contributed by atoms with van der Waals surface area (Å²) < 4.78 is 30.9. The van der Waals surface area contributed by atoms with Gasteiger partial charge in [0, 0.05) is 18.7 Å². The molecule has 0 saturated carbocycles.